The molecule has 1 N–H and O–H groups in total. The molecule has 1 heterocycles. The lowest BCUT2D eigenvalue weighted by Crippen LogP contribution is -2.36. The van der Waals surface area contributed by atoms with E-state index >= 15 is 0 Å². The molecule has 0 unspecified atom stereocenters. The first kappa shape index (κ1) is 19.5. The third-order valence-corrected chi connectivity index (χ3v) is 5.71. The van der Waals surface area contributed by atoms with Crippen molar-refractivity contribution in [2.24, 2.45) is 0 Å². The van der Waals surface area contributed by atoms with Gasteiger partial charge in [-0.2, -0.15) is 0 Å². The van der Waals surface area contributed by atoms with E-state index in [9.17, 15) is 9.18 Å². The fraction of sp³-hybridized carbons (Fsp3) is 0.217. The number of amides is 2. The number of urea groups is 1. The molecular weight excluding hydrogens is 385 g/mol. The molecule has 0 atom stereocenters. The number of anilines is 1. The van der Waals surface area contributed by atoms with Crippen molar-refractivity contribution in [2.45, 2.75) is 36.2 Å². The zero-order chi connectivity index (χ0) is 20.1. The Morgan fingerprint density at radius 3 is 2.66 bits per heavy atom. The number of hydrogen-bond donors (Lipinski definition) is 1. The van der Waals surface area contributed by atoms with Crippen LogP contribution in [0.3, 0.4) is 0 Å². The summed E-state index contributed by atoms with van der Waals surface area (Å²) in [5, 5.41) is 3.97. The van der Waals surface area contributed by atoms with Gasteiger partial charge in [0.15, 0.2) is 0 Å². The van der Waals surface area contributed by atoms with Crippen molar-refractivity contribution in [3.05, 3.63) is 89.9 Å². The molecule has 1 aliphatic rings. The molecule has 1 aliphatic carbocycles. The van der Waals surface area contributed by atoms with Crippen LogP contribution in [-0.4, -0.2) is 22.0 Å². The van der Waals surface area contributed by atoms with Crippen molar-refractivity contribution in [2.75, 3.05) is 5.32 Å². The third-order valence-electron chi connectivity index (χ3n) is 4.69. The molecule has 1 fully saturated rings. The van der Waals surface area contributed by atoms with Crippen LogP contribution in [0.2, 0.25) is 0 Å². The van der Waals surface area contributed by atoms with E-state index in [0.717, 1.165) is 40.4 Å². The number of aromatic nitrogens is 1. The number of thioether (sulfide) groups is 1. The van der Waals surface area contributed by atoms with Crippen molar-refractivity contribution < 1.29 is 9.18 Å². The maximum absolute atomic E-state index is 13.5. The van der Waals surface area contributed by atoms with Crippen LogP contribution in [0.4, 0.5) is 14.9 Å². The number of halogens is 1. The summed E-state index contributed by atoms with van der Waals surface area (Å²) in [5.74, 6) is 0.493. The number of nitrogens with zero attached hydrogens (tertiary/aromatic N) is 2. The fourth-order valence-electron chi connectivity index (χ4n) is 3.11. The summed E-state index contributed by atoms with van der Waals surface area (Å²) in [4.78, 5) is 19.0. The first-order valence-corrected chi connectivity index (χ1v) is 10.6. The van der Waals surface area contributed by atoms with Gasteiger partial charge in [0.05, 0.1) is 5.03 Å². The maximum atomic E-state index is 13.5. The second-order valence-electron chi connectivity index (χ2n) is 7.08. The summed E-state index contributed by atoms with van der Waals surface area (Å²) < 4.78 is 13.5. The lowest BCUT2D eigenvalue weighted by molar-refractivity contribution is 0.206. The summed E-state index contributed by atoms with van der Waals surface area (Å²) in [5.41, 5.74) is 2.67. The molecule has 0 radical (unpaired) electrons. The van der Waals surface area contributed by atoms with Gasteiger partial charge in [-0.25, -0.2) is 14.2 Å². The van der Waals surface area contributed by atoms with Crippen LogP contribution in [0, 0.1) is 5.82 Å². The molecule has 6 heteroatoms. The standard InChI is InChI=1S/C23H22FN3OS/c24-19-7-3-5-17(13-19)15-27(21-10-11-21)23(28)26-20-8-4-6-18(14-20)16-29-22-9-1-2-12-25-22/h1-9,12-14,21H,10-11,15-16H2,(H,26,28). The third kappa shape index (κ3) is 5.57. The molecule has 0 spiro atoms. The van der Waals surface area contributed by atoms with Crippen molar-refractivity contribution in [1.82, 2.24) is 9.88 Å². The van der Waals surface area contributed by atoms with Crippen LogP contribution in [0.1, 0.15) is 24.0 Å². The fourth-order valence-corrected chi connectivity index (χ4v) is 3.91. The second-order valence-corrected chi connectivity index (χ2v) is 8.07. The molecule has 3 aromatic rings. The number of nitrogens with one attached hydrogen (secondary N) is 1. The SMILES string of the molecule is O=C(Nc1cccc(CSc2ccccn2)c1)N(Cc1cccc(F)c1)C1CC1. The average molecular weight is 408 g/mol. The first-order chi connectivity index (χ1) is 14.2. The monoisotopic (exact) mass is 407 g/mol. The van der Waals surface area contributed by atoms with E-state index in [1.165, 1.54) is 12.1 Å². The Labute approximate surface area is 174 Å². The molecular formula is C23H22FN3OS. The number of carbonyl (C=O) groups is 1. The van der Waals surface area contributed by atoms with Gasteiger partial charge in [0, 0.05) is 30.2 Å². The van der Waals surface area contributed by atoms with Gasteiger partial charge in [-0.1, -0.05) is 30.3 Å². The molecule has 0 saturated heterocycles. The summed E-state index contributed by atoms with van der Waals surface area (Å²) in [6.45, 7) is 0.406. The number of pyridine rings is 1. The smallest absolute Gasteiger partial charge is 0.317 e. The highest BCUT2D eigenvalue weighted by Crippen LogP contribution is 2.29. The van der Waals surface area contributed by atoms with Crippen LogP contribution in [0.15, 0.2) is 78.0 Å². The highest BCUT2D eigenvalue weighted by atomic mass is 32.2. The van der Waals surface area contributed by atoms with Gasteiger partial charge >= 0.3 is 6.03 Å². The normalized spacial score (nSPS) is 13.1. The van der Waals surface area contributed by atoms with Gasteiger partial charge in [0.25, 0.3) is 0 Å². The summed E-state index contributed by atoms with van der Waals surface area (Å²) in [6.07, 6.45) is 3.76. The van der Waals surface area contributed by atoms with Crippen molar-refractivity contribution in [1.29, 1.82) is 0 Å². The summed E-state index contributed by atoms with van der Waals surface area (Å²) in [7, 11) is 0. The van der Waals surface area contributed by atoms with Gasteiger partial charge in [0.1, 0.15) is 5.82 Å². The lowest BCUT2D eigenvalue weighted by atomic mass is 10.2. The van der Waals surface area contributed by atoms with Gasteiger partial charge in [-0.05, 0) is 60.4 Å². The zero-order valence-corrected chi connectivity index (χ0v) is 16.7. The number of hydrogen-bond acceptors (Lipinski definition) is 3. The first-order valence-electron chi connectivity index (χ1n) is 9.62. The predicted molar refractivity (Wildman–Crippen MR) is 114 cm³/mol. The molecule has 4 nitrogen and oxygen atoms in total. The van der Waals surface area contributed by atoms with Crippen molar-refractivity contribution in [3.8, 4) is 0 Å². The molecule has 1 saturated carbocycles. The molecule has 0 aliphatic heterocycles. The average Bonchev–Trinajstić information content (AvgIpc) is 3.57. The topological polar surface area (TPSA) is 45.2 Å². The maximum Gasteiger partial charge on any atom is 0.322 e. The van der Waals surface area contributed by atoms with Gasteiger partial charge < -0.3 is 10.2 Å². The Morgan fingerprint density at radius 1 is 1.07 bits per heavy atom. The van der Waals surface area contributed by atoms with E-state index in [1.807, 2.05) is 48.5 Å². The summed E-state index contributed by atoms with van der Waals surface area (Å²) in [6, 6.07) is 20.2. The molecule has 2 amide bonds. The molecule has 4 rings (SSSR count). The van der Waals surface area contributed by atoms with Gasteiger partial charge in [-0.3, -0.25) is 0 Å². The lowest BCUT2D eigenvalue weighted by Gasteiger charge is -2.23. The van der Waals surface area contributed by atoms with E-state index in [0.29, 0.717) is 6.54 Å². The van der Waals surface area contributed by atoms with E-state index in [1.54, 1.807) is 28.9 Å². The molecule has 0 bridgehead atoms. The number of benzene rings is 2. The Balaban J connectivity index is 1.40. The van der Waals surface area contributed by atoms with E-state index < -0.39 is 0 Å². The number of rotatable bonds is 7. The minimum atomic E-state index is -0.281. The Kier molecular flexibility index (Phi) is 6.10. The van der Waals surface area contributed by atoms with Crippen LogP contribution in [0.5, 0.6) is 0 Å². The highest BCUT2D eigenvalue weighted by molar-refractivity contribution is 7.98. The van der Waals surface area contributed by atoms with Gasteiger partial charge in [0.2, 0.25) is 0 Å². The molecule has 1 aromatic heterocycles. The zero-order valence-electron chi connectivity index (χ0n) is 15.9. The van der Waals surface area contributed by atoms with E-state index in [-0.39, 0.29) is 17.9 Å². The van der Waals surface area contributed by atoms with Crippen LogP contribution >= 0.6 is 11.8 Å². The second kappa shape index (κ2) is 9.09. The van der Waals surface area contributed by atoms with E-state index in [2.05, 4.69) is 10.3 Å². The summed E-state index contributed by atoms with van der Waals surface area (Å²) >= 11 is 1.66. The quantitative estimate of drug-likeness (QED) is 0.510. The van der Waals surface area contributed by atoms with Crippen LogP contribution in [0.25, 0.3) is 0 Å². The van der Waals surface area contributed by atoms with Gasteiger partial charge in [-0.15, -0.1) is 11.8 Å². The molecule has 2 aromatic carbocycles. The Morgan fingerprint density at radius 2 is 1.90 bits per heavy atom. The predicted octanol–water partition coefficient (Wildman–Crippen LogP) is 5.71. The van der Waals surface area contributed by atoms with Crippen molar-refractivity contribution >= 4 is 23.5 Å². The Hall–Kier alpha value is -2.86. The molecule has 29 heavy (non-hydrogen) atoms. The number of carbonyl (C=O) groups excluding carboxylic acids is 1. The highest BCUT2D eigenvalue weighted by Gasteiger charge is 2.32. The minimum Gasteiger partial charge on any atom is -0.317 e. The van der Waals surface area contributed by atoms with E-state index in [4.69, 9.17) is 0 Å². The largest absolute Gasteiger partial charge is 0.322 e. The minimum absolute atomic E-state index is 0.147. The van der Waals surface area contributed by atoms with Crippen molar-refractivity contribution in [3.63, 3.8) is 0 Å². The van der Waals surface area contributed by atoms with Crippen LogP contribution < -0.4 is 5.32 Å². The molecule has 148 valence electrons. The van der Waals surface area contributed by atoms with Crippen LogP contribution in [-0.2, 0) is 12.3 Å². The Bertz CT molecular complexity index is 979.